The maximum absolute atomic E-state index is 14.4. The normalized spacial score (nSPS) is 11.2. The van der Waals surface area contributed by atoms with Gasteiger partial charge in [0.15, 0.2) is 0 Å². The van der Waals surface area contributed by atoms with Gasteiger partial charge in [0.05, 0.1) is 34.7 Å². The Morgan fingerprint density at radius 2 is 1.79 bits per heavy atom. The quantitative estimate of drug-likeness (QED) is 0.441. The Kier molecular flexibility index (Phi) is 3.71. The van der Waals surface area contributed by atoms with Crippen LogP contribution in [0.3, 0.4) is 0 Å². The highest BCUT2D eigenvalue weighted by atomic mass is 19.1. The monoisotopic (exact) mass is 381 g/mol. The van der Waals surface area contributed by atoms with Crippen LogP contribution in [0.15, 0.2) is 61.1 Å². The molecule has 0 N–H and O–H groups in total. The van der Waals surface area contributed by atoms with E-state index in [4.69, 9.17) is 10.2 Å². The van der Waals surface area contributed by atoms with Crippen LogP contribution in [0.2, 0.25) is 0 Å². The Balaban J connectivity index is 1.82. The van der Waals surface area contributed by atoms with Crippen LogP contribution < -0.4 is 0 Å². The third-order valence-electron chi connectivity index (χ3n) is 5.34. The van der Waals surface area contributed by atoms with Crippen molar-refractivity contribution in [3.63, 3.8) is 0 Å². The van der Waals surface area contributed by atoms with E-state index < -0.39 is 5.82 Å². The Morgan fingerprint density at radius 3 is 2.59 bits per heavy atom. The fraction of sp³-hybridized carbons (Fsp3) is 0.0870. The van der Waals surface area contributed by atoms with Crippen LogP contribution in [-0.4, -0.2) is 19.3 Å². The molecule has 140 valence electrons. The first-order valence-electron chi connectivity index (χ1n) is 9.13. The first-order valence-corrected chi connectivity index (χ1v) is 9.13. The van der Waals surface area contributed by atoms with Crippen molar-refractivity contribution >= 4 is 21.8 Å². The van der Waals surface area contributed by atoms with Crippen LogP contribution in [0.1, 0.15) is 5.56 Å². The summed E-state index contributed by atoms with van der Waals surface area (Å²) in [5, 5.41) is 15.4. The summed E-state index contributed by atoms with van der Waals surface area (Å²) < 4.78 is 18.2. The van der Waals surface area contributed by atoms with E-state index in [9.17, 15) is 4.39 Å². The molecular formula is C23H16FN5. The predicted octanol–water partition coefficient (Wildman–Crippen LogP) is 4.80. The van der Waals surface area contributed by atoms with Gasteiger partial charge >= 0.3 is 0 Å². The summed E-state index contributed by atoms with van der Waals surface area (Å²) in [5.74, 6) is -0.536. The molecule has 0 unspecified atom stereocenters. The average Bonchev–Trinajstić information content (AvgIpc) is 3.30. The number of pyridine rings is 1. The molecule has 29 heavy (non-hydrogen) atoms. The van der Waals surface area contributed by atoms with Gasteiger partial charge < -0.3 is 4.57 Å². The molecule has 6 heteroatoms. The Hall–Kier alpha value is -3.98. The molecule has 0 radical (unpaired) electrons. The van der Waals surface area contributed by atoms with Crippen molar-refractivity contribution in [2.24, 2.45) is 14.1 Å². The summed E-state index contributed by atoms with van der Waals surface area (Å²) in [4.78, 5) is 4.74. The van der Waals surface area contributed by atoms with Crippen molar-refractivity contribution in [1.29, 1.82) is 5.26 Å². The van der Waals surface area contributed by atoms with Crippen LogP contribution in [0.25, 0.3) is 44.2 Å². The van der Waals surface area contributed by atoms with Gasteiger partial charge in [-0.1, -0.05) is 12.1 Å². The first-order chi connectivity index (χ1) is 14.1. The molecule has 5 aromatic rings. The van der Waals surface area contributed by atoms with E-state index in [1.165, 1.54) is 12.1 Å². The Labute approximate surface area is 166 Å². The molecule has 3 heterocycles. The lowest BCUT2D eigenvalue weighted by atomic mass is 9.95. The lowest BCUT2D eigenvalue weighted by Gasteiger charge is -2.12. The van der Waals surface area contributed by atoms with Crippen LogP contribution >= 0.6 is 0 Å². The minimum atomic E-state index is -0.536. The van der Waals surface area contributed by atoms with Gasteiger partial charge in [-0.15, -0.1) is 0 Å². The lowest BCUT2D eigenvalue weighted by Crippen LogP contribution is -1.94. The van der Waals surface area contributed by atoms with Crippen molar-refractivity contribution in [3.8, 4) is 28.5 Å². The van der Waals surface area contributed by atoms with E-state index in [0.717, 1.165) is 38.6 Å². The fourth-order valence-corrected chi connectivity index (χ4v) is 3.82. The third kappa shape index (κ3) is 2.59. The van der Waals surface area contributed by atoms with E-state index in [1.54, 1.807) is 6.07 Å². The van der Waals surface area contributed by atoms with Gasteiger partial charge in [-0.3, -0.25) is 9.67 Å². The van der Waals surface area contributed by atoms with Gasteiger partial charge in [-0.2, -0.15) is 10.4 Å². The number of nitriles is 1. The van der Waals surface area contributed by atoms with Gasteiger partial charge in [0, 0.05) is 42.2 Å². The van der Waals surface area contributed by atoms with Gasteiger partial charge in [0.2, 0.25) is 0 Å². The smallest absolute Gasteiger partial charge is 0.141 e. The number of hydrogen-bond donors (Lipinski definition) is 0. The molecule has 2 aromatic carbocycles. The average molecular weight is 381 g/mol. The summed E-state index contributed by atoms with van der Waals surface area (Å²) in [6.45, 7) is 0. The molecule has 3 aromatic heterocycles. The van der Waals surface area contributed by atoms with Crippen molar-refractivity contribution < 1.29 is 4.39 Å². The SMILES string of the molecule is Cn1ccc2c(-c3ccc(C#N)c(F)c3)c(-c3ccc4c(cnn4C)c3)ncc21. The van der Waals surface area contributed by atoms with Crippen molar-refractivity contribution in [1.82, 2.24) is 19.3 Å². The molecular weight excluding hydrogens is 365 g/mol. The van der Waals surface area contributed by atoms with Gasteiger partial charge in [0.25, 0.3) is 0 Å². The highest BCUT2D eigenvalue weighted by molar-refractivity contribution is 6.02. The van der Waals surface area contributed by atoms with Crippen LogP contribution in [-0.2, 0) is 14.1 Å². The zero-order chi connectivity index (χ0) is 20.1. The molecule has 0 saturated heterocycles. The van der Waals surface area contributed by atoms with Crippen molar-refractivity contribution in [2.45, 2.75) is 0 Å². The largest absolute Gasteiger partial charge is 0.349 e. The highest BCUT2D eigenvalue weighted by Gasteiger charge is 2.17. The molecule has 0 aliphatic carbocycles. The minimum Gasteiger partial charge on any atom is -0.349 e. The molecule has 0 aliphatic rings. The number of fused-ring (bicyclic) bond motifs is 2. The Morgan fingerprint density at radius 1 is 0.966 bits per heavy atom. The van der Waals surface area contributed by atoms with Crippen LogP contribution in [0, 0.1) is 17.1 Å². The molecule has 0 bridgehead atoms. The number of aryl methyl sites for hydroxylation is 2. The summed E-state index contributed by atoms with van der Waals surface area (Å²) in [5.41, 5.74) is 5.23. The van der Waals surface area contributed by atoms with E-state index in [2.05, 4.69) is 5.10 Å². The first kappa shape index (κ1) is 17.1. The molecule has 0 atom stereocenters. The predicted molar refractivity (Wildman–Crippen MR) is 111 cm³/mol. The zero-order valence-electron chi connectivity index (χ0n) is 15.9. The maximum Gasteiger partial charge on any atom is 0.141 e. The standard InChI is InChI=1S/C23H16FN5/c1-28-8-7-18-21(28)13-26-23(15-5-6-20-17(9-15)12-27-29(20)2)22(18)14-3-4-16(11-25)19(24)10-14/h3-10,12-13H,1-2H3. The molecule has 0 saturated carbocycles. The number of halogens is 1. The molecule has 5 nitrogen and oxygen atoms in total. The summed E-state index contributed by atoms with van der Waals surface area (Å²) in [6, 6.07) is 14.6. The second-order valence-corrected chi connectivity index (χ2v) is 7.06. The van der Waals surface area contributed by atoms with E-state index in [1.807, 2.05) is 72.3 Å². The second kappa shape index (κ2) is 6.28. The summed E-state index contributed by atoms with van der Waals surface area (Å²) >= 11 is 0. The molecule has 5 rings (SSSR count). The molecule has 0 aliphatic heterocycles. The topological polar surface area (TPSA) is 59.4 Å². The number of hydrogen-bond acceptors (Lipinski definition) is 3. The molecule has 0 spiro atoms. The van der Waals surface area contributed by atoms with Gasteiger partial charge in [-0.25, -0.2) is 4.39 Å². The van der Waals surface area contributed by atoms with Crippen molar-refractivity contribution in [3.05, 3.63) is 72.4 Å². The van der Waals surface area contributed by atoms with Gasteiger partial charge in [-0.05, 0) is 35.9 Å². The number of nitrogens with zero attached hydrogens (tertiary/aromatic N) is 5. The zero-order valence-corrected chi connectivity index (χ0v) is 15.9. The lowest BCUT2D eigenvalue weighted by molar-refractivity contribution is 0.624. The Bertz CT molecular complexity index is 1450. The van der Waals surface area contributed by atoms with E-state index in [0.29, 0.717) is 5.56 Å². The maximum atomic E-state index is 14.4. The van der Waals surface area contributed by atoms with E-state index >= 15 is 0 Å². The summed E-state index contributed by atoms with van der Waals surface area (Å²) in [7, 11) is 3.86. The van der Waals surface area contributed by atoms with Crippen molar-refractivity contribution in [2.75, 3.05) is 0 Å². The number of aromatic nitrogens is 4. The number of benzene rings is 2. The molecule has 0 amide bonds. The summed E-state index contributed by atoms with van der Waals surface area (Å²) in [6.07, 6.45) is 5.62. The van der Waals surface area contributed by atoms with Crippen LogP contribution in [0.4, 0.5) is 4.39 Å². The highest BCUT2D eigenvalue weighted by Crippen LogP contribution is 2.38. The van der Waals surface area contributed by atoms with Gasteiger partial charge in [0.1, 0.15) is 11.9 Å². The minimum absolute atomic E-state index is 0.0280. The third-order valence-corrected chi connectivity index (χ3v) is 5.34. The van der Waals surface area contributed by atoms with E-state index in [-0.39, 0.29) is 5.56 Å². The fourth-order valence-electron chi connectivity index (χ4n) is 3.82. The van der Waals surface area contributed by atoms with Crippen LogP contribution in [0.5, 0.6) is 0 Å². The second-order valence-electron chi connectivity index (χ2n) is 7.06. The molecule has 0 fully saturated rings. The number of rotatable bonds is 2.